The van der Waals surface area contributed by atoms with Crippen LogP contribution in [-0.2, 0) is 22.7 Å². The van der Waals surface area contributed by atoms with Crippen molar-refractivity contribution in [2.45, 2.75) is 44.8 Å². The Bertz CT molecular complexity index is 428. The lowest BCUT2D eigenvalue weighted by atomic mass is 10.1. The van der Waals surface area contributed by atoms with E-state index in [1.165, 1.54) is 0 Å². The number of hydrogen-bond acceptors (Lipinski definition) is 3. The molecule has 0 aliphatic carbocycles. The average molecular weight is 317 g/mol. The van der Waals surface area contributed by atoms with Gasteiger partial charge in [-0.15, -0.1) is 0 Å². The Hall–Kier alpha value is -1.11. The lowest BCUT2D eigenvalue weighted by Gasteiger charge is -2.23. The smallest absolute Gasteiger partial charge is 0.376 e. The Balaban J connectivity index is 1.66. The number of rotatable bonds is 7. The highest BCUT2D eigenvalue weighted by Gasteiger charge is 2.26. The van der Waals surface area contributed by atoms with Crippen molar-refractivity contribution in [3.8, 4) is 0 Å². The fourth-order valence-electron chi connectivity index (χ4n) is 2.29. The van der Waals surface area contributed by atoms with Crippen LogP contribution in [0.1, 0.15) is 30.4 Å². The first-order valence-electron chi connectivity index (χ1n) is 7.57. The van der Waals surface area contributed by atoms with Crippen LogP contribution in [0.5, 0.6) is 0 Å². The molecule has 0 aromatic heterocycles. The predicted molar refractivity (Wildman–Crippen MR) is 77.5 cm³/mol. The highest BCUT2D eigenvalue weighted by molar-refractivity contribution is 5.21. The summed E-state index contributed by atoms with van der Waals surface area (Å²) in [7, 11) is 0. The second-order valence-corrected chi connectivity index (χ2v) is 5.49. The molecule has 0 spiro atoms. The van der Waals surface area contributed by atoms with E-state index in [0.717, 1.165) is 37.1 Å². The van der Waals surface area contributed by atoms with Gasteiger partial charge in [0.05, 0.1) is 32.3 Å². The van der Waals surface area contributed by atoms with Gasteiger partial charge in [0, 0.05) is 0 Å². The molecule has 124 valence electrons. The lowest BCUT2D eigenvalue weighted by Crippen LogP contribution is -2.32. The van der Waals surface area contributed by atoms with Crippen molar-refractivity contribution in [1.29, 1.82) is 0 Å². The van der Waals surface area contributed by atoms with Gasteiger partial charge in [0.15, 0.2) is 0 Å². The summed E-state index contributed by atoms with van der Waals surface area (Å²) in [6.07, 6.45) is -2.69. The number of piperidine rings is 1. The fourth-order valence-corrected chi connectivity index (χ4v) is 2.29. The molecule has 1 aromatic rings. The minimum Gasteiger partial charge on any atom is -0.376 e. The van der Waals surface area contributed by atoms with Crippen LogP contribution in [0.4, 0.5) is 13.2 Å². The summed E-state index contributed by atoms with van der Waals surface area (Å²) in [4.78, 5) is 0. The maximum Gasteiger partial charge on any atom is 0.391 e. The Labute approximate surface area is 128 Å². The molecular formula is C16H22F3NO2. The molecule has 22 heavy (non-hydrogen) atoms. The molecule has 0 amide bonds. The molecule has 3 nitrogen and oxygen atoms in total. The minimum absolute atomic E-state index is 0.200. The molecule has 1 aliphatic heterocycles. The van der Waals surface area contributed by atoms with E-state index in [0.29, 0.717) is 12.7 Å². The van der Waals surface area contributed by atoms with E-state index in [4.69, 9.17) is 9.47 Å². The molecule has 0 bridgehead atoms. The van der Waals surface area contributed by atoms with Gasteiger partial charge in [0.25, 0.3) is 0 Å². The van der Waals surface area contributed by atoms with Crippen molar-refractivity contribution < 1.29 is 22.6 Å². The van der Waals surface area contributed by atoms with E-state index < -0.39 is 12.6 Å². The second-order valence-electron chi connectivity index (χ2n) is 5.49. The number of ether oxygens (including phenoxy) is 2. The molecule has 0 atom stereocenters. The summed E-state index contributed by atoms with van der Waals surface area (Å²) >= 11 is 0. The Morgan fingerprint density at radius 2 is 1.59 bits per heavy atom. The Kier molecular flexibility index (Phi) is 6.67. The molecule has 1 heterocycles. The maximum atomic E-state index is 12.0. The molecule has 0 unspecified atom stereocenters. The third kappa shape index (κ3) is 6.77. The van der Waals surface area contributed by atoms with Crippen LogP contribution in [0.3, 0.4) is 0 Å². The van der Waals surface area contributed by atoms with Crippen molar-refractivity contribution in [2.24, 2.45) is 0 Å². The normalized spacial score (nSPS) is 16.9. The highest BCUT2D eigenvalue weighted by atomic mass is 19.4. The fraction of sp³-hybridized carbons (Fsp3) is 0.625. The number of halogens is 3. The first-order chi connectivity index (χ1) is 10.5. The summed E-state index contributed by atoms with van der Waals surface area (Å²) in [6.45, 7) is 2.47. The molecular weight excluding hydrogens is 295 g/mol. The molecule has 0 saturated carbocycles. The van der Waals surface area contributed by atoms with Crippen molar-refractivity contribution >= 4 is 0 Å². The number of nitrogens with one attached hydrogen (secondary N) is 1. The first-order valence-corrected chi connectivity index (χ1v) is 7.57. The Morgan fingerprint density at radius 1 is 1.00 bits per heavy atom. The van der Waals surface area contributed by atoms with Gasteiger partial charge in [-0.1, -0.05) is 24.3 Å². The Morgan fingerprint density at radius 3 is 2.18 bits per heavy atom. The highest BCUT2D eigenvalue weighted by Crippen LogP contribution is 2.19. The number of hydrogen-bond donors (Lipinski definition) is 1. The van der Waals surface area contributed by atoms with Crippen LogP contribution in [0, 0.1) is 0 Å². The molecule has 1 aliphatic rings. The van der Waals surface area contributed by atoms with Gasteiger partial charge in [-0.3, -0.25) is 0 Å². The van der Waals surface area contributed by atoms with E-state index in [1.807, 2.05) is 24.3 Å². The summed E-state index contributed by atoms with van der Waals surface area (Å²) in [6, 6.07) is 7.61. The van der Waals surface area contributed by atoms with Crippen LogP contribution in [0.2, 0.25) is 0 Å². The van der Waals surface area contributed by atoms with E-state index in [2.05, 4.69) is 5.32 Å². The van der Waals surface area contributed by atoms with E-state index in [1.54, 1.807) is 0 Å². The third-order valence-corrected chi connectivity index (χ3v) is 3.59. The van der Waals surface area contributed by atoms with Gasteiger partial charge >= 0.3 is 6.18 Å². The topological polar surface area (TPSA) is 30.5 Å². The largest absolute Gasteiger partial charge is 0.391 e. The van der Waals surface area contributed by atoms with Crippen molar-refractivity contribution in [1.82, 2.24) is 5.32 Å². The first kappa shape index (κ1) is 17.2. The molecule has 0 radical (unpaired) electrons. The van der Waals surface area contributed by atoms with Crippen molar-refractivity contribution in [3.05, 3.63) is 35.4 Å². The molecule has 1 saturated heterocycles. The third-order valence-electron chi connectivity index (χ3n) is 3.59. The minimum atomic E-state index is -4.16. The lowest BCUT2D eigenvalue weighted by molar-refractivity contribution is -0.146. The van der Waals surface area contributed by atoms with E-state index in [9.17, 15) is 13.2 Å². The summed E-state index contributed by atoms with van der Waals surface area (Å²) in [5, 5.41) is 3.29. The number of benzene rings is 1. The zero-order valence-electron chi connectivity index (χ0n) is 12.5. The van der Waals surface area contributed by atoms with E-state index >= 15 is 0 Å². The van der Waals surface area contributed by atoms with Crippen molar-refractivity contribution in [3.63, 3.8) is 0 Å². The summed E-state index contributed by atoms with van der Waals surface area (Å²) < 4.78 is 46.8. The standard InChI is InChI=1S/C16H22F3NO2/c17-16(18,19)7-10-21-11-13-1-3-14(4-2-13)12-22-15-5-8-20-9-6-15/h1-4,15,20H,5-12H2. The van der Waals surface area contributed by atoms with Gasteiger partial charge in [0.1, 0.15) is 0 Å². The van der Waals surface area contributed by atoms with Crippen molar-refractivity contribution in [2.75, 3.05) is 19.7 Å². The summed E-state index contributed by atoms with van der Waals surface area (Å²) in [5.74, 6) is 0. The van der Waals surface area contributed by atoms with Crippen LogP contribution in [-0.4, -0.2) is 32.0 Å². The van der Waals surface area contributed by atoms with Crippen LogP contribution in [0.15, 0.2) is 24.3 Å². The van der Waals surface area contributed by atoms with Crippen LogP contribution >= 0.6 is 0 Å². The maximum absolute atomic E-state index is 12.0. The van der Waals surface area contributed by atoms with Gasteiger partial charge in [-0.2, -0.15) is 13.2 Å². The molecule has 6 heteroatoms. The van der Waals surface area contributed by atoms with Gasteiger partial charge in [-0.25, -0.2) is 0 Å². The van der Waals surface area contributed by atoms with Crippen LogP contribution in [0.25, 0.3) is 0 Å². The quantitative estimate of drug-likeness (QED) is 0.782. The van der Waals surface area contributed by atoms with Gasteiger partial charge < -0.3 is 14.8 Å². The van der Waals surface area contributed by atoms with Gasteiger partial charge in [-0.05, 0) is 37.1 Å². The second kappa shape index (κ2) is 8.50. The SMILES string of the molecule is FC(F)(F)CCOCc1ccc(COC2CCNCC2)cc1. The molecule has 1 fully saturated rings. The predicted octanol–water partition coefficient (Wildman–Crippen LogP) is 3.42. The average Bonchev–Trinajstić information content (AvgIpc) is 2.51. The number of alkyl halides is 3. The molecule has 1 N–H and O–H groups in total. The zero-order valence-corrected chi connectivity index (χ0v) is 12.5. The monoisotopic (exact) mass is 317 g/mol. The molecule has 2 rings (SSSR count). The van der Waals surface area contributed by atoms with Crippen LogP contribution < -0.4 is 5.32 Å². The molecule has 1 aromatic carbocycles. The zero-order chi connectivity index (χ0) is 15.8. The summed E-state index contributed by atoms with van der Waals surface area (Å²) in [5.41, 5.74) is 1.94. The van der Waals surface area contributed by atoms with E-state index in [-0.39, 0.29) is 13.2 Å². The van der Waals surface area contributed by atoms with Gasteiger partial charge in [0.2, 0.25) is 0 Å².